The highest BCUT2D eigenvalue weighted by Crippen LogP contribution is 2.10. The van der Waals surface area contributed by atoms with Crippen LogP contribution in [0.15, 0.2) is 30.3 Å². The zero-order valence-electron chi connectivity index (χ0n) is 20.6. The first-order valence-electron chi connectivity index (χ1n) is 11.6. The van der Waals surface area contributed by atoms with E-state index < -0.39 is 36.0 Å². The Morgan fingerprint density at radius 3 is 1.97 bits per heavy atom. The molecule has 0 heterocycles. The number of amides is 3. The molecule has 8 nitrogen and oxygen atoms in total. The van der Waals surface area contributed by atoms with E-state index in [0.29, 0.717) is 19.1 Å². The molecule has 3 unspecified atom stereocenters. The van der Waals surface area contributed by atoms with Gasteiger partial charge in [-0.05, 0) is 36.2 Å². The predicted octanol–water partition coefficient (Wildman–Crippen LogP) is 3.20. The third-order valence-electron chi connectivity index (χ3n) is 4.99. The van der Waals surface area contributed by atoms with Crippen molar-refractivity contribution >= 4 is 24.2 Å². The number of carbonyl (C=O) groups is 4. The van der Waals surface area contributed by atoms with E-state index in [4.69, 9.17) is 4.74 Å². The monoisotopic (exact) mass is 461 g/mol. The van der Waals surface area contributed by atoms with Gasteiger partial charge in [0.1, 0.15) is 25.0 Å². The largest absolute Gasteiger partial charge is 0.445 e. The van der Waals surface area contributed by atoms with Gasteiger partial charge in [-0.2, -0.15) is 0 Å². The van der Waals surface area contributed by atoms with Crippen molar-refractivity contribution in [1.82, 2.24) is 16.0 Å². The predicted molar refractivity (Wildman–Crippen MR) is 127 cm³/mol. The smallest absolute Gasteiger partial charge is 0.408 e. The highest BCUT2D eigenvalue weighted by molar-refractivity contribution is 5.92. The fourth-order valence-corrected chi connectivity index (χ4v) is 3.33. The molecule has 3 N–H and O–H groups in total. The van der Waals surface area contributed by atoms with Crippen LogP contribution in [0.4, 0.5) is 4.79 Å². The Kier molecular flexibility index (Phi) is 12.2. The number of benzene rings is 1. The first kappa shape index (κ1) is 28.1. The molecule has 0 aromatic heterocycles. The number of nitrogens with one attached hydrogen (secondary N) is 3. The number of carbonyl (C=O) groups excluding carboxylic acids is 4. The Labute approximate surface area is 197 Å². The molecule has 1 rings (SSSR count). The van der Waals surface area contributed by atoms with Crippen molar-refractivity contribution in [2.45, 2.75) is 79.1 Å². The van der Waals surface area contributed by atoms with Crippen LogP contribution in [0, 0.1) is 17.8 Å². The average Bonchev–Trinajstić information content (AvgIpc) is 2.74. The summed E-state index contributed by atoms with van der Waals surface area (Å²) in [5.74, 6) is -0.768. The molecule has 0 saturated carbocycles. The number of ether oxygens (including phenoxy) is 1. The lowest BCUT2D eigenvalue weighted by molar-refractivity contribution is -0.131. The molecule has 1 aromatic rings. The lowest BCUT2D eigenvalue weighted by atomic mass is 9.99. The zero-order valence-corrected chi connectivity index (χ0v) is 20.6. The lowest BCUT2D eigenvalue weighted by Gasteiger charge is -2.27. The highest BCUT2D eigenvalue weighted by Gasteiger charge is 2.30. The molecule has 0 aliphatic carbocycles. The molecular formula is C25H39N3O5. The Hall–Kier alpha value is -2.90. The van der Waals surface area contributed by atoms with Crippen molar-refractivity contribution in [1.29, 1.82) is 0 Å². The van der Waals surface area contributed by atoms with Crippen LogP contribution in [0.3, 0.4) is 0 Å². The van der Waals surface area contributed by atoms with Crippen molar-refractivity contribution in [2.75, 3.05) is 0 Å². The second-order valence-electron chi connectivity index (χ2n) is 9.50. The van der Waals surface area contributed by atoms with Crippen LogP contribution in [0.1, 0.15) is 59.9 Å². The number of alkyl carbamates (subject to hydrolysis) is 1. The molecule has 184 valence electrons. The molecule has 3 atom stereocenters. The molecule has 0 aliphatic heterocycles. The number of aldehydes is 1. The third-order valence-corrected chi connectivity index (χ3v) is 4.99. The summed E-state index contributed by atoms with van der Waals surface area (Å²) in [7, 11) is 0. The topological polar surface area (TPSA) is 114 Å². The first-order chi connectivity index (χ1) is 15.5. The van der Waals surface area contributed by atoms with E-state index >= 15 is 0 Å². The van der Waals surface area contributed by atoms with Crippen LogP contribution in [-0.4, -0.2) is 42.3 Å². The standard InChI is InChI=1S/C25H39N3O5/c1-16(2)12-20(14-29)26-23(30)21(13-17(3)4)27-24(31)22(18(5)6)28-25(32)33-15-19-10-8-7-9-11-19/h7-11,14,16-18,20-22H,12-13,15H2,1-6H3,(H,26,30)(H,27,31)(H,28,32). The molecule has 3 amide bonds. The van der Waals surface area contributed by atoms with Gasteiger partial charge in [0.05, 0.1) is 6.04 Å². The van der Waals surface area contributed by atoms with Gasteiger partial charge in [-0.3, -0.25) is 9.59 Å². The Morgan fingerprint density at radius 1 is 0.848 bits per heavy atom. The van der Waals surface area contributed by atoms with Gasteiger partial charge in [-0.1, -0.05) is 71.9 Å². The van der Waals surface area contributed by atoms with Crippen LogP contribution in [0.25, 0.3) is 0 Å². The van der Waals surface area contributed by atoms with Crippen LogP contribution >= 0.6 is 0 Å². The zero-order chi connectivity index (χ0) is 25.0. The number of hydrogen-bond donors (Lipinski definition) is 3. The second kappa shape index (κ2) is 14.3. The molecule has 0 aliphatic rings. The highest BCUT2D eigenvalue weighted by atomic mass is 16.5. The van der Waals surface area contributed by atoms with Crippen LogP contribution in [-0.2, 0) is 25.7 Å². The van der Waals surface area contributed by atoms with Crippen molar-refractivity contribution in [3.05, 3.63) is 35.9 Å². The average molecular weight is 462 g/mol. The summed E-state index contributed by atoms with van der Waals surface area (Å²) in [6.45, 7) is 11.5. The SMILES string of the molecule is CC(C)CC(C=O)NC(=O)C(CC(C)C)NC(=O)C(NC(=O)OCc1ccccc1)C(C)C. The Balaban J connectivity index is 2.80. The Bertz CT molecular complexity index is 765. The van der Waals surface area contributed by atoms with E-state index in [9.17, 15) is 19.2 Å². The van der Waals surface area contributed by atoms with Crippen molar-refractivity contribution in [3.63, 3.8) is 0 Å². The summed E-state index contributed by atoms with van der Waals surface area (Å²) < 4.78 is 5.23. The number of rotatable bonds is 13. The molecule has 0 radical (unpaired) electrons. The summed E-state index contributed by atoms with van der Waals surface area (Å²) in [4.78, 5) is 49.5. The minimum absolute atomic E-state index is 0.0838. The minimum atomic E-state index is -0.881. The van der Waals surface area contributed by atoms with Gasteiger partial charge >= 0.3 is 6.09 Å². The first-order valence-corrected chi connectivity index (χ1v) is 11.6. The molecule has 0 saturated heterocycles. The maximum Gasteiger partial charge on any atom is 0.408 e. The molecule has 0 bridgehead atoms. The summed E-state index contributed by atoms with van der Waals surface area (Å²) in [6.07, 6.45) is 0.915. The summed E-state index contributed by atoms with van der Waals surface area (Å²) in [5, 5.41) is 8.08. The Morgan fingerprint density at radius 2 is 1.45 bits per heavy atom. The van der Waals surface area contributed by atoms with Gasteiger partial charge in [0.15, 0.2) is 0 Å². The van der Waals surface area contributed by atoms with Crippen LogP contribution in [0.5, 0.6) is 0 Å². The molecule has 33 heavy (non-hydrogen) atoms. The third kappa shape index (κ3) is 11.0. The van der Waals surface area contributed by atoms with Gasteiger partial charge in [0.25, 0.3) is 0 Å². The van der Waals surface area contributed by atoms with E-state index in [2.05, 4.69) is 16.0 Å². The normalized spacial score (nSPS) is 13.8. The molecule has 8 heteroatoms. The lowest BCUT2D eigenvalue weighted by Crippen LogP contribution is -2.56. The fourth-order valence-electron chi connectivity index (χ4n) is 3.33. The van der Waals surface area contributed by atoms with E-state index in [-0.39, 0.29) is 24.4 Å². The van der Waals surface area contributed by atoms with E-state index in [1.807, 2.05) is 58.0 Å². The van der Waals surface area contributed by atoms with Gasteiger partial charge in [-0.25, -0.2) is 4.79 Å². The van der Waals surface area contributed by atoms with E-state index in [1.54, 1.807) is 13.8 Å². The van der Waals surface area contributed by atoms with Gasteiger partial charge in [-0.15, -0.1) is 0 Å². The summed E-state index contributed by atoms with van der Waals surface area (Å²) >= 11 is 0. The van der Waals surface area contributed by atoms with Gasteiger partial charge in [0, 0.05) is 0 Å². The minimum Gasteiger partial charge on any atom is -0.445 e. The van der Waals surface area contributed by atoms with E-state index in [0.717, 1.165) is 5.56 Å². The van der Waals surface area contributed by atoms with Crippen molar-refractivity contribution in [3.8, 4) is 0 Å². The van der Waals surface area contributed by atoms with Crippen molar-refractivity contribution < 1.29 is 23.9 Å². The summed E-state index contributed by atoms with van der Waals surface area (Å²) in [6, 6.07) is 6.91. The van der Waals surface area contributed by atoms with Crippen LogP contribution in [0.2, 0.25) is 0 Å². The number of hydrogen-bond acceptors (Lipinski definition) is 5. The maximum atomic E-state index is 13.0. The van der Waals surface area contributed by atoms with Gasteiger partial charge < -0.3 is 25.5 Å². The molecular weight excluding hydrogens is 422 g/mol. The molecule has 1 aromatic carbocycles. The van der Waals surface area contributed by atoms with E-state index in [1.165, 1.54) is 0 Å². The van der Waals surface area contributed by atoms with Crippen molar-refractivity contribution in [2.24, 2.45) is 17.8 Å². The molecule has 0 spiro atoms. The van der Waals surface area contributed by atoms with Gasteiger partial charge in [0.2, 0.25) is 11.8 Å². The van der Waals surface area contributed by atoms with Crippen LogP contribution < -0.4 is 16.0 Å². The quantitative estimate of drug-likeness (QED) is 0.391. The second-order valence-corrected chi connectivity index (χ2v) is 9.50. The maximum absolute atomic E-state index is 13.0. The summed E-state index contributed by atoms with van der Waals surface area (Å²) in [5.41, 5.74) is 0.831. The molecule has 0 fully saturated rings. The fraction of sp³-hybridized carbons (Fsp3) is 0.600.